The first-order chi connectivity index (χ1) is 17.2. The third-order valence-electron chi connectivity index (χ3n) is 6.71. The molecule has 5 rings (SSSR count). The smallest absolute Gasteiger partial charge is 0.407 e. The van der Waals surface area contributed by atoms with Crippen LogP contribution in [0.1, 0.15) is 75.7 Å². The zero-order chi connectivity index (χ0) is 25.4. The fraction of sp³-hybridized carbons (Fsp3) is 0.481. The summed E-state index contributed by atoms with van der Waals surface area (Å²) in [7, 11) is 0. The van der Waals surface area contributed by atoms with Gasteiger partial charge in [0.2, 0.25) is 0 Å². The molecule has 0 unspecified atom stereocenters. The van der Waals surface area contributed by atoms with Crippen LogP contribution in [0.2, 0.25) is 0 Å². The fourth-order valence-corrected chi connectivity index (χ4v) is 5.12. The summed E-state index contributed by atoms with van der Waals surface area (Å²) < 4.78 is 8.31. The number of fused-ring (bicyclic) bond motifs is 1. The van der Waals surface area contributed by atoms with Crippen LogP contribution in [0.25, 0.3) is 10.9 Å². The summed E-state index contributed by atoms with van der Waals surface area (Å²) in [6.07, 6.45) is 10.6. The molecule has 0 atom stereocenters. The third-order valence-corrected chi connectivity index (χ3v) is 7.20. The van der Waals surface area contributed by atoms with E-state index < -0.39 is 5.60 Å². The number of halogens is 1. The van der Waals surface area contributed by atoms with Crippen LogP contribution in [-0.4, -0.2) is 38.3 Å². The molecule has 0 aliphatic heterocycles. The highest BCUT2D eigenvalue weighted by Crippen LogP contribution is 2.38. The normalized spacial score (nSPS) is 20.2. The number of hydrogen-bond acceptors (Lipinski definition) is 6. The van der Waals surface area contributed by atoms with E-state index in [4.69, 9.17) is 4.74 Å². The number of amides is 1. The maximum atomic E-state index is 13.0. The Morgan fingerprint density at radius 2 is 1.83 bits per heavy atom. The minimum atomic E-state index is -0.501. The number of hydrogen-bond donors (Lipinski definition) is 2. The summed E-state index contributed by atoms with van der Waals surface area (Å²) in [6.45, 7) is 5.60. The van der Waals surface area contributed by atoms with Crippen molar-refractivity contribution in [2.24, 2.45) is 5.92 Å². The summed E-state index contributed by atoms with van der Waals surface area (Å²) in [5.41, 5.74) is 2.57. The molecule has 2 aromatic heterocycles. The molecule has 0 bridgehead atoms. The first-order valence-electron chi connectivity index (χ1n) is 12.6. The fourth-order valence-electron chi connectivity index (χ4n) is 4.76. The van der Waals surface area contributed by atoms with Crippen LogP contribution in [0.4, 0.5) is 16.2 Å². The number of anilines is 2. The van der Waals surface area contributed by atoms with Gasteiger partial charge in [0, 0.05) is 34.2 Å². The number of nitrogens with zero attached hydrogens (tertiary/aromatic N) is 3. The molecule has 1 amide bonds. The predicted octanol–water partition coefficient (Wildman–Crippen LogP) is 6.54. The summed E-state index contributed by atoms with van der Waals surface area (Å²) in [5, 5.41) is 12.0. The van der Waals surface area contributed by atoms with Crippen molar-refractivity contribution < 1.29 is 14.3 Å². The maximum Gasteiger partial charge on any atom is 0.407 e. The highest BCUT2D eigenvalue weighted by Gasteiger charge is 2.33. The van der Waals surface area contributed by atoms with E-state index >= 15 is 0 Å². The number of Topliss-reactive ketones (excluding diaryl/α,β-unsaturated/α-hetero) is 1. The van der Waals surface area contributed by atoms with Crippen molar-refractivity contribution in [3.05, 3.63) is 46.8 Å². The van der Waals surface area contributed by atoms with Crippen LogP contribution in [0.3, 0.4) is 0 Å². The van der Waals surface area contributed by atoms with Crippen molar-refractivity contribution in [1.82, 2.24) is 20.1 Å². The molecule has 2 aliphatic carbocycles. The van der Waals surface area contributed by atoms with Crippen LogP contribution in [-0.2, 0) is 4.74 Å². The molecule has 2 N–H and O–H groups in total. The Balaban J connectivity index is 1.29. The minimum Gasteiger partial charge on any atom is -0.444 e. The molecule has 2 saturated carbocycles. The molecule has 0 radical (unpaired) electrons. The molecule has 3 aromatic rings. The molecular weight excluding hydrogens is 522 g/mol. The number of pyridine rings is 1. The molecule has 36 heavy (non-hydrogen) atoms. The van der Waals surface area contributed by atoms with Gasteiger partial charge in [-0.3, -0.25) is 14.5 Å². The topological polar surface area (TPSA) is 98.1 Å². The molecule has 2 heterocycles. The first kappa shape index (κ1) is 24.7. The quantitative estimate of drug-likeness (QED) is 0.336. The van der Waals surface area contributed by atoms with Crippen molar-refractivity contribution in [1.29, 1.82) is 0 Å². The molecule has 0 spiro atoms. The third kappa shape index (κ3) is 5.72. The Hall–Kier alpha value is -2.94. The maximum absolute atomic E-state index is 13.0. The Bertz CT molecular complexity index is 1290. The van der Waals surface area contributed by atoms with Gasteiger partial charge in [0.1, 0.15) is 5.60 Å². The van der Waals surface area contributed by atoms with E-state index in [0.29, 0.717) is 5.56 Å². The van der Waals surface area contributed by atoms with Crippen molar-refractivity contribution >= 4 is 50.1 Å². The average molecular weight is 554 g/mol. The van der Waals surface area contributed by atoms with Gasteiger partial charge in [0.15, 0.2) is 5.78 Å². The second kappa shape index (κ2) is 9.84. The lowest BCUT2D eigenvalue weighted by molar-refractivity contribution is 0.0487. The number of alkyl carbamates (subject to hydrolysis) is 1. The average Bonchev–Trinajstić information content (AvgIpc) is 3.57. The van der Waals surface area contributed by atoms with Gasteiger partial charge in [0.25, 0.3) is 0 Å². The number of carbonyl (C=O) groups is 2. The van der Waals surface area contributed by atoms with Crippen molar-refractivity contribution in [2.75, 3.05) is 5.32 Å². The summed E-state index contributed by atoms with van der Waals surface area (Å²) in [4.78, 5) is 29.7. The van der Waals surface area contributed by atoms with E-state index in [0.717, 1.165) is 65.3 Å². The molecule has 2 fully saturated rings. The number of nitrogens with one attached hydrogen (secondary N) is 2. The lowest BCUT2D eigenvalue weighted by Crippen LogP contribution is -2.41. The van der Waals surface area contributed by atoms with Crippen molar-refractivity contribution in [3.8, 4) is 0 Å². The monoisotopic (exact) mass is 553 g/mol. The van der Waals surface area contributed by atoms with Crippen LogP contribution in [0, 0.1) is 5.92 Å². The zero-order valence-electron chi connectivity index (χ0n) is 20.9. The molecular formula is C27H32BrN5O3. The number of rotatable bonds is 6. The van der Waals surface area contributed by atoms with Gasteiger partial charge in [-0.05, 0) is 77.5 Å². The van der Waals surface area contributed by atoms with Gasteiger partial charge in [-0.1, -0.05) is 15.9 Å². The lowest BCUT2D eigenvalue weighted by atomic mass is 9.91. The predicted molar refractivity (Wildman–Crippen MR) is 143 cm³/mol. The van der Waals surface area contributed by atoms with Gasteiger partial charge in [-0.2, -0.15) is 5.10 Å². The molecule has 0 saturated heterocycles. The largest absolute Gasteiger partial charge is 0.444 e. The van der Waals surface area contributed by atoms with E-state index in [-0.39, 0.29) is 29.9 Å². The lowest BCUT2D eigenvalue weighted by Gasteiger charge is -2.30. The first-order valence-corrected chi connectivity index (χ1v) is 13.4. The summed E-state index contributed by atoms with van der Waals surface area (Å²) in [6, 6.07) is 6.27. The second-order valence-corrected chi connectivity index (χ2v) is 11.7. The highest BCUT2D eigenvalue weighted by molar-refractivity contribution is 9.10. The second-order valence-electron chi connectivity index (χ2n) is 10.8. The summed E-state index contributed by atoms with van der Waals surface area (Å²) >= 11 is 3.55. The Kier molecular flexibility index (Phi) is 6.76. The van der Waals surface area contributed by atoms with E-state index in [2.05, 4.69) is 36.6 Å². The van der Waals surface area contributed by atoms with E-state index in [1.54, 1.807) is 12.4 Å². The summed E-state index contributed by atoms with van der Waals surface area (Å²) in [5.74, 6) is 0.249. The molecule has 190 valence electrons. The SMILES string of the molecule is CC(C)(C)OC(=O)N[C@H]1CC[C@H](n2cc(Nc3c(C(=O)C4CC4)cnc4ccc(Br)cc34)cn2)CC1. The van der Waals surface area contributed by atoms with Gasteiger partial charge < -0.3 is 15.4 Å². The van der Waals surface area contributed by atoms with Crippen LogP contribution >= 0.6 is 15.9 Å². The number of ketones is 1. The zero-order valence-corrected chi connectivity index (χ0v) is 22.5. The van der Waals surface area contributed by atoms with Crippen LogP contribution < -0.4 is 10.6 Å². The van der Waals surface area contributed by atoms with Gasteiger partial charge in [-0.25, -0.2) is 4.79 Å². The number of aromatic nitrogens is 3. The van der Waals surface area contributed by atoms with Gasteiger partial charge in [-0.15, -0.1) is 0 Å². The van der Waals surface area contributed by atoms with E-state index in [9.17, 15) is 9.59 Å². The van der Waals surface area contributed by atoms with Crippen molar-refractivity contribution in [2.45, 2.75) is 77.0 Å². The van der Waals surface area contributed by atoms with Gasteiger partial charge >= 0.3 is 6.09 Å². The molecule has 2 aliphatic rings. The van der Waals surface area contributed by atoms with E-state index in [1.807, 2.05) is 49.8 Å². The van der Waals surface area contributed by atoms with Crippen molar-refractivity contribution in [3.63, 3.8) is 0 Å². The Labute approximate surface area is 219 Å². The number of carbonyl (C=O) groups excluding carboxylic acids is 2. The number of benzene rings is 1. The minimum absolute atomic E-state index is 0.101. The standard InChI is InChI=1S/C27H32BrN5O3/c1-27(2,3)36-26(35)32-18-7-9-20(10-8-18)33-15-19(13-30-33)31-24-21-12-17(28)6-11-23(21)29-14-22(24)25(34)16-4-5-16/h6,11-16,18,20H,4-5,7-10H2,1-3H3,(H,29,31)(H,32,35)/t18-,20-. The Morgan fingerprint density at radius 1 is 1.08 bits per heavy atom. The molecule has 1 aromatic carbocycles. The number of ether oxygens (including phenoxy) is 1. The molecule has 9 heteroatoms. The van der Waals surface area contributed by atoms with Crippen LogP contribution in [0.5, 0.6) is 0 Å². The Morgan fingerprint density at radius 3 is 2.53 bits per heavy atom. The molecule has 8 nitrogen and oxygen atoms in total. The van der Waals surface area contributed by atoms with Gasteiger partial charge in [0.05, 0.1) is 34.7 Å². The highest BCUT2D eigenvalue weighted by atomic mass is 79.9. The van der Waals surface area contributed by atoms with Crippen LogP contribution in [0.15, 0.2) is 41.3 Å². The van der Waals surface area contributed by atoms with E-state index in [1.165, 1.54) is 0 Å².